The van der Waals surface area contributed by atoms with Gasteiger partial charge in [-0.3, -0.25) is 34.3 Å². The molecule has 6 amide bonds. The molecule has 1 fully saturated rings. The SMILES string of the molecule is COc1ccc(/C=C2/C(=O)NC(=O)N(Cc3ccc(F)cc3)C2=O)cc1CN1C(=O)c2ccccc2C1=O. The Hall–Kier alpha value is -5.12. The lowest BCUT2D eigenvalue weighted by Crippen LogP contribution is -2.53. The molecule has 38 heavy (non-hydrogen) atoms. The highest BCUT2D eigenvalue weighted by Gasteiger charge is 2.37. The Labute approximate surface area is 216 Å². The first-order valence-electron chi connectivity index (χ1n) is 11.5. The highest BCUT2D eigenvalue weighted by molar-refractivity contribution is 6.31. The maximum absolute atomic E-state index is 13.2. The van der Waals surface area contributed by atoms with E-state index in [-0.39, 0.29) is 18.7 Å². The van der Waals surface area contributed by atoms with Gasteiger partial charge in [0.25, 0.3) is 23.6 Å². The standard InChI is InChI=1S/C28H20FN3O6/c1-38-23-11-8-17(12-18(23)15-31-25(34)20-4-2-3-5-21(20)26(31)35)13-22-24(33)30-28(37)32(27(22)36)14-16-6-9-19(29)10-7-16/h2-13H,14-15H2,1H3,(H,30,33,37)/b22-13-. The maximum atomic E-state index is 13.2. The van der Waals surface area contributed by atoms with Crippen molar-refractivity contribution < 1.29 is 33.1 Å². The number of carbonyl (C=O) groups excluding carboxylic acids is 5. The molecule has 0 radical (unpaired) electrons. The first kappa shape index (κ1) is 24.6. The van der Waals surface area contributed by atoms with Crippen molar-refractivity contribution in [3.63, 3.8) is 0 Å². The van der Waals surface area contributed by atoms with Crippen molar-refractivity contribution in [3.05, 3.63) is 106 Å². The quantitative estimate of drug-likeness (QED) is 0.308. The van der Waals surface area contributed by atoms with Crippen LogP contribution in [0.2, 0.25) is 0 Å². The average molecular weight is 513 g/mol. The number of benzene rings is 3. The molecular formula is C28H20FN3O6. The van der Waals surface area contributed by atoms with Crippen LogP contribution >= 0.6 is 0 Å². The Balaban J connectivity index is 1.43. The smallest absolute Gasteiger partial charge is 0.331 e. The van der Waals surface area contributed by atoms with Crippen LogP contribution in [0.25, 0.3) is 6.08 Å². The van der Waals surface area contributed by atoms with E-state index in [4.69, 9.17) is 4.74 Å². The molecule has 0 aliphatic carbocycles. The predicted octanol–water partition coefficient (Wildman–Crippen LogP) is 3.29. The van der Waals surface area contributed by atoms with Crippen molar-refractivity contribution in [2.24, 2.45) is 0 Å². The summed E-state index contributed by atoms with van der Waals surface area (Å²) in [6.45, 7) is -0.259. The van der Waals surface area contributed by atoms with E-state index in [1.54, 1.807) is 42.5 Å². The van der Waals surface area contributed by atoms with Gasteiger partial charge >= 0.3 is 6.03 Å². The zero-order valence-electron chi connectivity index (χ0n) is 20.1. The van der Waals surface area contributed by atoms with Gasteiger partial charge in [0.1, 0.15) is 17.1 Å². The fourth-order valence-corrected chi connectivity index (χ4v) is 4.34. The van der Waals surface area contributed by atoms with Gasteiger partial charge in [-0.05, 0) is 53.6 Å². The van der Waals surface area contributed by atoms with Gasteiger partial charge in [0.15, 0.2) is 0 Å². The highest BCUT2D eigenvalue weighted by Crippen LogP contribution is 2.29. The fraction of sp³-hybridized carbons (Fsp3) is 0.107. The minimum Gasteiger partial charge on any atom is -0.496 e. The zero-order chi connectivity index (χ0) is 27.0. The predicted molar refractivity (Wildman–Crippen MR) is 132 cm³/mol. The fourth-order valence-electron chi connectivity index (χ4n) is 4.34. The van der Waals surface area contributed by atoms with Crippen molar-refractivity contribution in [3.8, 4) is 5.75 Å². The van der Waals surface area contributed by atoms with Gasteiger partial charge in [-0.25, -0.2) is 9.18 Å². The number of hydrogen-bond donors (Lipinski definition) is 1. The van der Waals surface area contributed by atoms with Gasteiger partial charge in [0.05, 0.1) is 31.3 Å². The third-order valence-electron chi connectivity index (χ3n) is 6.26. The van der Waals surface area contributed by atoms with E-state index < -0.39 is 35.5 Å². The number of carbonyl (C=O) groups is 5. The summed E-state index contributed by atoms with van der Waals surface area (Å²) < 4.78 is 18.6. The number of urea groups is 1. The van der Waals surface area contributed by atoms with E-state index in [2.05, 4.69) is 5.32 Å². The van der Waals surface area contributed by atoms with Gasteiger partial charge in [-0.15, -0.1) is 0 Å². The molecule has 3 aromatic rings. The molecule has 0 spiro atoms. The number of hydrogen-bond acceptors (Lipinski definition) is 6. The van der Waals surface area contributed by atoms with Gasteiger partial charge in [-0.2, -0.15) is 0 Å². The van der Waals surface area contributed by atoms with Crippen LogP contribution < -0.4 is 10.1 Å². The molecule has 0 bridgehead atoms. The third-order valence-corrected chi connectivity index (χ3v) is 6.26. The van der Waals surface area contributed by atoms with E-state index in [1.165, 1.54) is 37.5 Å². The number of barbiturate groups is 1. The molecule has 3 aromatic carbocycles. The summed E-state index contributed by atoms with van der Waals surface area (Å²) in [6.07, 6.45) is 1.31. The highest BCUT2D eigenvalue weighted by atomic mass is 19.1. The Morgan fingerprint density at radius 3 is 2.11 bits per heavy atom. The summed E-state index contributed by atoms with van der Waals surface area (Å²) in [5.41, 5.74) is 1.71. The number of fused-ring (bicyclic) bond motifs is 1. The van der Waals surface area contributed by atoms with Crippen molar-refractivity contribution in [2.75, 3.05) is 7.11 Å². The first-order chi connectivity index (χ1) is 18.3. The number of nitrogens with one attached hydrogen (secondary N) is 1. The number of imide groups is 3. The monoisotopic (exact) mass is 513 g/mol. The van der Waals surface area contributed by atoms with Crippen molar-refractivity contribution >= 4 is 35.7 Å². The van der Waals surface area contributed by atoms with Crippen LogP contribution in [0.1, 0.15) is 37.4 Å². The molecule has 9 nitrogen and oxygen atoms in total. The molecule has 5 rings (SSSR count). The summed E-state index contributed by atoms with van der Waals surface area (Å²) in [6, 6.07) is 15.7. The van der Waals surface area contributed by atoms with Crippen LogP contribution in [0.5, 0.6) is 5.75 Å². The maximum Gasteiger partial charge on any atom is 0.331 e. The largest absolute Gasteiger partial charge is 0.496 e. The van der Waals surface area contributed by atoms with E-state index in [9.17, 15) is 28.4 Å². The van der Waals surface area contributed by atoms with Crippen LogP contribution in [-0.4, -0.2) is 46.6 Å². The van der Waals surface area contributed by atoms with Crippen molar-refractivity contribution in [2.45, 2.75) is 13.1 Å². The lowest BCUT2D eigenvalue weighted by Gasteiger charge is -2.26. The normalized spacial score (nSPS) is 16.3. The molecule has 2 heterocycles. The molecule has 2 aliphatic rings. The number of amides is 6. The summed E-state index contributed by atoms with van der Waals surface area (Å²) in [4.78, 5) is 65.6. The summed E-state index contributed by atoms with van der Waals surface area (Å²) in [5, 5.41) is 2.14. The molecule has 0 unspecified atom stereocenters. The molecule has 2 aliphatic heterocycles. The second kappa shape index (κ2) is 9.74. The molecule has 1 saturated heterocycles. The third kappa shape index (κ3) is 4.43. The lowest BCUT2D eigenvalue weighted by atomic mass is 10.0. The van der Waals surface area contributed by atoms with Crippen LogP contribution in [0.3, 0.4) is 0 Å². The Morgan fingerprint density at radius 2 is 1.47 bits per heavy atom. The molecule has 0 saturated carbocycles. The number of rotatable bonds is 6. The van der Waals surface area contributed by atoms with Crippen LogP contribution in [0.4, 0.5) is 9.18 Å². The van der Waals surface area contributed by atoms with E-state index in [1.807, 2.05) is 0 Å². The van der Waals surface area contributed by atoms with E-state index >= 15 is 0 Å². The average Bonchev–Trinajstić information content (AvgIpc) is 3.15. The van der Waals surface area contributed by atoms with Crippen LogP contribution in [-0.2, 0) is 22.7 Å². The van der Waals surface area contributed by atoms with Gasteiger partial charge < -0.3 is 4.74 Å². The number of halogens is 1. The molecule has 190 valence electrons. The molecule has 0 aromatic heterocycles. The number of ether oxygens (including phenoxy) is 1. The van der Waals surface area contributed by atoms with E-state index in [0.717, 1.165) is 9.80 Å². The van der Waals surface area contributed by atoms with Crippen molar-refractivity contribution in [1.82, 2.24) is 15.1 Å². The summed E-state index contributed by atoms with van der Waals surface area (Å²) in [5.74, 6) is -2.62. The molecular weight excluding hydrogens is 493 g/mol. The van der Waals surface area contributed by atoms with Gasteiger partial charge in [0.2, 0.25) is 0 Å². The Morgan fingerprint density at radius 1 is 0.816 bits per heavy atom. The van der Waals surface area contributed by atoms with Crippen molar-refractivity contribution in [1.29, 1.82) is 0 Å². The lowest BCUT2D eigenvalue weighted by molar-refractivity contribution is -0.130. The van der Waals surface area contributed by atoms with Gasteiger partial charge in [-0.1, -0.05) is 30.3 Å². The van der Waals surface area contributed by atoms with Crippen LogP contribution in [0.15, 0.2) is 72.3 Å². The first-order valence-corrected chi connectivity index (χ1v) is 11.5. The number of methoxy groups -OCH3 is 1. The minimum atomic E-state index is -0.887. The van der Waals surface area contributed by atoms with Crippen LogP contribution in [0, 0.1) is 5.82 Å². The molecule has 0 atom stereocenters. The molecule has 10 heteroatoms. The van der Waals surface area contributed by atoms with Gasteiger partial charge in [0, 0.05) is 5.56 Å². The van der Waals surface area contributed by atoms with E-state index in [0.29, 0.717) is 33.6 Å². The molecule has 1 N–H and O–H groups in total. The second-order valence-electron chi connectivity index (χ2n) is 8.65. The topological polar surface area (TPSA) is 113 Å². The summed E-state index contributed by atoms with van der Waals surface area (Å²) in [7, 11) is 1.44. The minimum absolute atomic E-state index is 0.0954. The number of nitrogens with zero attached hydrogens (tertiary/aromatic N) is 2. The summed E-state index contributed by atoms with van der Waals surface area (Å²) >= 11 is 0. The zero-order valence-corrected chi connectivity index (χ0v) is 20.1. The second-order valence-corrected chi connectivity index (χ2v) is 8.65. The Kier molecular flexibility index (Phi) is 6.29. The Bertz CT molecular complexity index is 1510.